The van der Waals surface area contributed by atoms with Gasteiger partial charge in [-0.25, -0.2) is 8.78 Å². The third-order valence-corrected chi connectivity index (χ3v) is 2.82. The molecule has 0 amide bonds. The van der Waals surface area contributed by atoms with Crippen molar-refractivity contribution < 1.29 is 21.8 Å². The van der Waals surface area contributed by atoms with E-state index in [1.54, 1.807) is 0 Å². The Morgan fingerprint density at radius 2 is 1.80 bits per heavy atom. The van der Waals surface area contributed by atoms with E-state index in [1.165, 1.54) is 31.4 Å². The maximum Gasteiger partial charge on any atom is 0.297 e. The first-order chi connectivity index (χ1) is 7.06. The summed E-state index contributed by atoms with van der Waals surface area (Å²) in [6.45, 7) is 0. The van der Waals surface area contributed by atoms with Gasteiger partial charge in [0.1, 0.15) is 5.75 Å². The average Bonchev–Trinajstić information content (AvgIpc) is 2.27. The van der Waals surface area contributed by atoms with Gasteiger partial charge >= 0.3 is 0 Å². The van der Waals surface area contributed by atoms with Crippen LogP contribution < -0.4 is 4.74 Å². The monoisotopic (exact) mass is 240 g/mol. The predicted molar refractivity (Wildman–Crippen MR) is 52.1 cm³/mol. The lowest BCUT2D eigenvalue weighted by Crippen LogP contribution is -2.02. The zero-order valence-corrected chi connectivity index (χ0v) is 8.53. The number of hydrogen-bond acceptors (Lipinski definition) is 1. The Kier molecular flexibility index (Phi) is 4.14. The van der Waals surface area contributed by atoms with Crippen molar-refractivity contribution in [3.8, 4) is 5.75 Å². The third-order valence-electron chi connectivity index (χ3n) is 1.61. The molecule has 1 unspecified atom stereocenters. The van der Waals surface area contributed by atoms with E-state index in [4.69, 9.17) is 4.74 Å². The van der Waals surface area contributed by atoms with Crippen LogP contribution in [0.2, 0.25) is 0 Å². The second kappa shape index (κ2) is 5.16. The van der Waals surface area contributed by atoms with Gasteiger partial charge in [-0.1, -0.05) is 0 Å². The molecule has 0 N–H and O–H groups in total. The Labute approximate surface area is 86.9 Å². The lowest BCUT2D eigenvalue weighted by Gasteiger charge is -2.03. The van der Waals surface area contributed by atoms with Crippen LogP contribution in [0.25, 0.3) is 0 Å². The van der Waals surface area contributed by atoms with E-state index in [0.29, 0.717) is 5.75 Å². The number of methoxy groups -OCH3 is 1. The summed E-state index contributed by atoms with van der Waals surface area (Å²) >= 11 is 0. The SMILES string of the molecule is COc1ccc(S(F)=C(F)C(F)F)cc1. The largest absolute Gasteiger partial charge is 0.497 e. The molecule has 0 aliphatic heterocycles. The molecule has 0 saturated heterocycles. The molecule has 1 atom stereocenters. The molecule has 1 rings (SSSR count). The molecule has 0 spiro atoms. The standard InChI is InChI=1S/C9H8F4OS/c1-14-6-2-4-7(5-3-6)15(13)9(12)8(10)11/h2-5,8H,1H3. The fourth-order valence-corrected chi connectivity index (χ4v) is 1.64. The molecule has 1 aromatic rings. The van der Waals surface area contributed by atoms with Crippen LogP contribution in [-0.2, 0) is 0 Å². The van der Waals surface area contributed by atoms with Gasteiger partial charge in [0.15, 0.2) is 0 Å². The van der Waals surface area contributed by atoms with Gasteiger partial charge in [0.25, 0.3) is 6.43 Å². The summed E-state index contributed by atoms with van der Waals surface area (Å²) in [5.41, 5.74) is 0. The van der Waals surface area contributed by atoms with Crippen molar-refractivity contribution in [1.29, 1.82) is 0 Å². The highest BCUT2D eigenvalue weighted by atomic mass is 32.2. The van der Waals surface area contributed by atoms with Crippen LogP contribution in [0.5, 0.6) is 5.75 Å². The van der Waals surface area contributed by atoms with Crippen molar-refractivity contribution in [3.63, 3.8) is 0 Å². The second-order valence-corrected chi connectivity index (χ2v) is 3.91. The summed E-state index contributed by atoms with van der Waals surface area (Å²) in [6, 6.07) is 5.19. The predicted octanol–water partition coefficient (Wildman–Crippen LogP) is 3.57. The van der Waals surface area contributed by atoms with E-state index in [1.807, 2.05) is 0 Å². The van der Waals surface area contributed by atoms with Gasteiger partial charge in [0.05, 0.1) is 18.0 Å². The van der Waals surface area contributed by atoms with Crippen molar-refractivity contribution in [2.24, 2.45) is 0 Å². The highest BCUT2D eigenvalue weighted by Gasteiger charge is 2.17. The molecular formula is C9H8F4OS. The fourth-order valence-electron chi connectivity index (χ4n) is 0.886. The molecule has 0 aromatic heterocycles. The molecule has 6 heteroatoms. The molecule has 0 bridgehead atoms. The number of halogens is 4. The Hall–Kier alpha value is -1.04. The molecule has 0 aliphatic carbocycles. The van der Waals surface area contributed by atoms with Crippen LogP contribution in [0.3, 0.4) is 0 Å². The Balaban J connectivity index is 3.01. The first kappa shape index (κ1) is 12.0. The van der Waals surface area contributed by atoms with Gasteiger partial charge in [-0.15, -0.1) is 0 Å². The van der Waals surface area contributed by atoms with E-state index in [0.717, 1.165) is 0 Å². The molecular weight excluding hydrogens is 232 g/mol. The zero-order valence-electron chi connectivity index (χ0n) is 7.72. The van der Waals surface area contributed by atoms with Crippen LogP contribution in [-0.4, -0.2) is 18.7 Å². The Bertz CT molecular complexity index is 361. The van der Waals surface area contributed by atoms with Gasteiger partial charge in [-0.05, 0) is 24.3 Å². The maximum absolute atomic E-state index is 13.1. The molecule has 0 heterocycles. The van der Waals surface area contributed by atoms with Crippen LogP contribution >= 0.6 is 10.9 Å². The third kappa shape index (κ3) is 2.95. The highest BCUT2D eigenvalue weighted by molar-refractivity contribution is 8.11. The Morgan fingerprint density at radius 1 is 1.27 bits per heavy atom. The summed E-state index contributed by atoms with van der Waals surface area (Å²) in [6.07, 6.45) is -3.39. The van der Waals surface area contributed by atoms with Crippen LogP contribution in [0, 0.1) is 0 Å². The maximum atomic E-state index is 13.1. The number of benzene rings is 1. The lowest BCUT2D eigenvalue weighted by molar-refractivity contribution is 0.215. The zero-order chi connectivity index (χ0) is 11.4. The topological polar surface area (TPSA) is 9.23 Å². The molecule has 0 radical (unpaired) electrons. The van der Waals surface area contributed by atoms with Gasteiger partial charge in [0.2, 0.25) is 5.12 Å². The average molecular weight is 240 g/mol. The Morgan fingerprint density at radius 3 is 2.20 bits per heavy atom. The highest BCUT2D eigenvalue weighted by Crippen LogP contribution is 2.32. The van der Waals surface area contributed by atoms with Gasteiger partial charge < -0.3 is 4.74 Å². The summed E-state index contributed by atoms with van der Waals surface area (Å²) < 4.78 is 54.1. The van der Waals surface area contributed by atoms with E-state index in [2.05, 4.69) is 0 Å². The second-order valence-electron chi connectivity index (χ2n) is 2.54. The fraction of sp³-hybridized carbons (Fsp3) is 0.222. The van der Waals surface area contributed by atoms with E-state index in [-0.39, 0.29) is 4.90 Å². The minimum Gasteiger partial charge on any atom is -0.497 e. The smallest absolute Gasteiger partial charge is 0.297 e. The van der Waals surface area contributed by atoms with Gasteiger partial charge in [-0.2, -0.15) is 8.28 Å². The van der Waals surface area contributed by atoms with Crippen molar-refractivity contribution in [2.45, 2.75) is 11.3 Å². The molecule has 15 heavy (non-hydrogen) atoms. The summed E-state index contributed by atoms with van der Waals surface area (Å²) in [7, 11) is -1.26. The van der Waals surface area contributed by atoms with Crippen molar-refractivity contribution >= 4 is 16.0 Å². The molecule has 0 fully saturated rings. The first-order valence-corrected chi connectivity index (χ1v) is 5.04. The number of hydrogen-bond donors (Lipinski definition) is 0. The van der Waals surface area contributed by atoms with Crippen LogP contribution in [0.1, 0.15) is 0 Å². The lowest BCUT2D eigenvalue weighted by atomic mass is 10.3. The first-order valence-electron chi connectivity index (χ1n) is 3.91. The van der Waals surface area contributed by atoms with Crippen molar-refractivity contribution in [2.75, 3.05) is 7.11 Å². The van der Waals surface area contributed by atoms with Gasteiger partial charge in [-0.3, -0.25) is 0 Å². The van der Waals surface area contributed by atoms with Crippen LogP contribution in [0.15, 0.2) is 29.2 Å². The van der Waals surface area contributed by atoms with Gasteiger partial charge in [0, 0.05) is 4.90 Å². The van der Waals surface area contributed by atoms with Crippen molar-refractivity contribution in [3.05, 3.63) is 24.3 Å². The quantitative estimate of drug-likeness (QED) is 0.446. The van der Waals surface area contributed by atoms with Crippen molar-refractivity contribution in [1.82, 2.24) is 0 Å². The normalized spacial score (nSPS) is 13.9. The summed E-state index contributed by atoms with van der Waals surface area (Å²) in [5.74, 6) is 0.452. The molecule has 1 nitrogen and oxygen atoms in total. The summed E-state index contributed by atoms with van der Waals surface area (Å²) in [4.78, 5) is -0.131. The van der Waals surface area contributed by atoms with Crippen LogP contribution in [0.4, 0.5) is 17.1 Å². The van der Waals surface area contributed by atoms with E-state index in [9.17, 15) is 17.1 Å². The number of alkyl halides is 2. The minimum atomic E-state index is -3.39. The summed E-state index contributed by atoms with van der Waals surface area (Å²) in [5, 5.41) is -1.94. The number of rotatable bonds is 3. The van der Waals surface area contributed by atoms with E-state index >= 15 is 0 Å². The molecule has 1 aromatic carbocycles. The molecule has 0 aliphatic rings. The van der Waals surface area contributed by atoms with E-state index < -0.39 is 22.4 Å². The molecule has 84 valence electrons. The minimum absolute atomic E-state index is 0.131. The number of ether oxygens (including phenoxy) is 1. The molecule has 0 saturated carbocycles.